The van der Waals surface area contributed by atoms with E-state index in [0.29, 0.717) is 12.0 Å². The summed E-state index contributed by atoms with van der Waals surface area (Å²) < 4.78 is 32.1. The van der Waals surface area contributed by atoms with Gasteiger partial charge in [0.25, 0.3) is 0 Å². The second kappa shape index (κ2) is 5.78. The van der Waals surface area contributed by atoms with Gasteiger partial charge in [-0.1, -0.05) is 24.3 Å². The van der Waals surface area contributed by atoms with E-state index in [9.17, 15) is 18.3 Å². The van der Waals surface area contributed by atoms with Crippen molar-refractivity contribution in [1.29, 1.82) is 0 Å². The molecule has 1 aromatic rings. The minimum atomic E-state index is -4.10. The highest BCUT2D eigenvalue weighted by Crippen LogP contribution is 2.31. The maximum atomic E-state index is 11.8. The lowest BCUT2D eigenvalue weighted by Gasteiger charge is -2.18. The predicted octanol–water partition coefficient (Wildman–Crippen LogP) is 0.225. The fourth-order valence-corrected chi connectivity index (χ4v) is 3.14. The number of aliphatic hydroxyl groups excluding tert-OH is 1. The molecule has 0 spiro atoms. The van der Waals surface area contributed by atoms with E-state index in [4.69, 9.17) is 0 Å². The van der Waals surface area contributed by atoms with Gasteiger partial charge in [-0.15, -0.1) is 0 Å². The van der Waals surface area contributed by atoms with Crippen LogP contribution in [-0.2, 0) is 21.4 Å². The van der Waals surface area contributed by atoms with Gasteiger partial charge in [0.1, 0.15) is 0 Å². The molecule has 1 amide bonds. The van der Waals surface area contributed by atoms with E-state index < -0.39 is 28.4 Å². The number of rotatable bonds is 4. The van der Waals surface area contributed by atoms with Gasteiger partial charge in [0.15, 0.2) is 0 Å². The first-order valence-corrected chi connectivity index (χ1v) is 7.64. The Morgan fingerprint density at radius 1 is 1.45 bits per heavy atom. The Balaban J connectivity index is 2.12. The zero-order valence-electron chi connectivity index (χ0n) is 10.9. The molecule has 110 valence electrons. The van der Waals surface area contributed by atoms with E-state index in [1.165, 1.54) is 0 Å². The fourth-order valence-electron chi connectivity index (χ4n) is 2.18. The molecule has 0 bridgehead atoms. The van der Waals surface area contributed by atoms with Gasteiger partial charge >= 0.3 is 16.3 Å². The minimum absolute atomic E-state index is 0.0657. The second-order valence-corrected chi connectivity index (χ2v) is 5.84. The summed E-state index contributed by atoms with van der Waals surface area (Å²) in [6, 6.07) is 6.36. The van der Waals surface area contributed by atoms with Crippen LogP contribution in [0.1, 0.15) is 24.1 Å². The quantitative estimate of drug-likeness (QED) is 0.738. The normalized spacial score (nSPS) is 21.3. The molecule has 1 aromatic carbocycles. The summed E-state index contributed by atoms with van der Waals surface area (Å²) in [4.78, 5) is 11.1. The van der Waals surface area contributed by atoms with E-state index in [1.54, 1.807) is 23.8 Å². The van der Waals surface area contributed by atoms with E-state index in [0.717, 1.165) is 5.56 Å². The van der Waals surface area contributed by atoms with Crippen molar-refractivity contribution in [3.05, 3.63) is 35.4 Å². The maximum absolute atomic E-state index is 11.8. The number of carbonyl (C=O) groups is 1. The van der Waals surface area contributed by atoms with Crippen molar-refractivity contribution in [2.75, 3.05) is 6.61 Å². The van der Waals surface area contributed by atoms with Crippen LogP contribution in [0.3, 0.4) is 0 Å². The van der Waals surface area contributed by atoms with Crippen molar-refractivity contribution < 1.29 is 23.1 Å². The molecule has 0 saturated carbocycles. The average Bonchev–Trinajstić information content (AvgIpc) is 2.65. The molecule has 1 aliphatic rings. The SMILES string of the molecule is CCOC(=O)NS(=O)(=O)NC1c2ccccc2CC1O. The Morgan fingerprint density at radius 3 is 2.85 bits per heavy atom. The van der Waals surface area contributed by atoms with Gasteiger partial charge in [0, 0.05) is 6.42 Å². The molecule has 1 aliphatic carbocycles. The third kappa shape index (κ3) is 3.27. The maximum Gasteiger partial charge on any atom is 0.421 e. The summed E-state index contributed by atoms with van der Waals surface area (Å²) in [5.74, 6) is 0. The molecule has 0 saturated heterocycles. The Labute approximate surface area is 117 Å². The van der Waals surface area contributed by atoms with Crippen LogP contribution < -0.4 is 9.44 Å². The van der Waals surface area contributed by atoms with E-state index >= 15 is 0 Å². The molecule has 0 radical (unpaired) electrons. The van der Waals surface area contributed by atoms with Crippen molar-refractivity contribution in [3.8, 4) is 0 Å². The Bertz CT molecular complexity index is 602. The lowest BCUT2D eigenvalue weighted by molar-refractivity contribution is 0.149. The van der Waals surface area contributed by atoms with Crippen molar-refractivity contribution in [2.24, 2.45) is 0 Å². The zero-order chi connectivity index (χ0) is 14.8. The third-order valence-corrected chi connectivity index (χ3v) is 3.98. The van der Waals surface area contributed by atoms with Crippen LogP contribution in [0.4, 0.5) is 4.79 Å². The summed E-state index contributed by atoms with van der Waals surface area (Å²) in [6.07, 6.45) is -1.56. The molecule has 8 heteroatoms. The molecule has 0 heterocycles. The van der Waals surface area contributed by atoms with Crippen molar-refractivity contribution in [1.82, 2.24) is 9.44 Å². The molecule has 3 N–H and O–H groups in total. The number of aliphatic hydroxyl groups is 1. The Morgan fingerprint density at radius 2 is 2.15 bits per heavy atom. The van der Waals surface area contributed by atoms with Gasteiger partial charge < -0.3 is 9.84 Å². The molecule has 0 aromatic heterocycles. The molecule has 7 nitrogen and oxygen atoms in total. The smallest absolute Gasteiger partial charge is 0.421 e. The monoisotopic (exact) mass is 300 g/mol. The van der Waals surface area contributed by atoms with Crippen LogP contribution in [-0.4, -0.2) is 32.3 Å². The number of ether oxygens (including phenoxy) is 1. The van der Waals surface area contributed by atoms with Crippen molar-refractivity contribution in [2.45, 2.75) is 25.5 Å². The van der Waals surface area contributed by atoms with E-state index in [-0.39, 0.29) is 6.61 Å². The summed E-state index contributed by atoms with van der Waals surface area (Å²) in [5, 5.41) is 9.94. The largest absolute Gasteiger partial charge is 0.449 e. The standard InChI is InChI=1S/C12H16N2O5S/c1-2-19-12(16)14-20(17,18)13-11-9-6-4-3-5-8(9)7-10(11)15/h3-6,10-11,13,15H,2,7H2,1H3,(H,14,16). The number of hydrogen-bond donors (Lipinski definition) is 3. The number of fused-ring (bicyclic) bond motifs is 1. The van der Waals surface area contributed by atoms with Crippen LogP contribution >= 0.6 is 0 Å². The van der Waals surface area contributed by atoms with E-state index in [1.807, 2.05) is 12.1 Å². The topological polar surface area (TPSA) is 105 Å². The van der Waals surface area contributed by atoms with Gasteiger partial charge in [-0.2, -0.15) is 13.1 Å². The highest BCUT2D eigenvalue weighted by atomic mass is 32.2. The number of nitrogens with one attached hydrogen (secondary N) is 2. The first kappa shape index (κ1) is 14.8. The van der Waals surface area contributed by atoms with Crippen LogP contribution in [0.25, 0.3) is 0 Å². The third-order valence-electron chi connectivity index (χ3n) is 2.98. The average molecular weight is 300 g/mol. The summed E-state index contributed by atoms with van der Waals surface area (Å²) in [7, 11) is -4.10. The van der Waals surface area contributed by atoms with Crippen LogP contribution in [0.15, 0.2) is 24.3 Å². The number of hydrogen-bond acceptors (Lipinski definition) is 5. The lowest BCUT2D eigenvalue weighted by atomic mass is 10.1. The zero-order valence-corrected chi connectivity index (χ0v) is 11.7. The van der Waals surface area contributed by atoms with Gasteiger partial charge in [-0.3, -0.25) is 0 Å². The fraction of sp³-hybridized carbons (Fsp3) is 0.417. The molecule has 2 atom stereocenters. The predicted molar refractivity (Wildman–Crippen MR) is 71.1 cm³/mol. The van der Waals surface area contributed by atoms with Crippen molar-refractivity contribution >= 4 is 16.3 Å². The first-order chi connectivity index (χ1) is 9.43. The molecule has 0 fully saturated rings. The number of benzene rings is 1. The van der Waals surface area contributed by atoms with E-state index in [2.05, 4.69) is 9.46 Å². The van der Waals surface area contributed by atoms with Crippen LogP contribution in [0.5, 0.6) is 0 Å². The number of carbonyl (C=O) groups excluding carboxylic acids is 1. The Hall–Kier alpha value is -1.64. The van der Waals surface area contributed by atoms with Crippen LogP contribution in [0.2, 0.25) is 0 Å². The lowest BCUT2D eigenvalue weighted by Crippen LogP contribution is -2.44. The van der Waals surface area contributed by atoms with Crippen molar-refractivity contribution in [3.63, 3.8) is 0 Å². The second-order valence-electron chi connectivity index (χ2n) is 4.39. The minimum Gasteiger partial charge on any atom is -0.449 e. The Kier molecular flexibility index (Phi) is 4.26. The molecular formula is C12H16N2O5S. The molecular weight excluding hydrogens is 284 g/mol. The van der Waals surface area contributed by atoms with Gasteiger partial charge in [-0.05, 0) is 18.1 Å². The van der Waals surface area contributed by atoms with Gasteiger partial charge in [0.05, 0.1) is 18.8 Å². The highest BCUT2D eigenvalue weighted by Gasteiger charge is 2.34. The first-order valence-electron chi connectivity index (χ1n) is 6.15. The molecule has 2 unspecified atom stereocenters. The van der Waals surface area contributed by atoms with Gasteiger partial charge in [-0.25, -0.2) is 9.52 Å². The highest BCUT2D eigenvalue weighted by molar-refractivity contribution is 7.88. The molecule has 0 aliphatic heterocycles. The summed E-state index contributed by atoms with van der Waals surface area (Å²) in [6.45, 7) is 1.63. The molecule has 2 rings (SSSR count). The summed E-state index contributed by atoms with van der Waals surface area (Å²) >= 11 is 0. The van der Waals surface area contributed by atoms with Gasteiger partial charge in [0.2, 0.25) is 0 Å². The number of amides is 1. The summed E-state index contributed by atoms with van der Waals surface area (Å²) in [5.41, 5.74) is 1.58. The van der Waals surface area contributed by atoms with Crippen LogP contribution in [0, 0.1) is 0 Å². The molecule has 20 heavy (non-hydrogen) atoms.